The summed E-state index contributed by atoms with van der Waals surface area (Å²) < 4.78 is 35.0. The fourth-order valence-corrected chi connectivity index (χ4v) is 0.642. The first kappa shape index (κ1) is 9.79. The maximum Gasteiger partial charge on any atom is 0.269 e. The van der Waals surface area contributed by atoms with Crippen LogP contribution in [0.25, 0.3) is 0 Å². The van der Waals surface area contributed by atoms with Crippen molar-refractivity contribution in [2.24, 2.45) is 0 Å². The molecule has 0 fully saturated rings. The first-order valence-electron chi connectivity index (χ1n) is 3.40. The average Bonchev–Trinajstić information content (AvgIpc) is 1.88. The lowest BCUT2D eigenvalue weighted by Crippen LogP contribution is -2.11. The number of alkyl halides is 3. The van der Waals surface area contributed by atoms with Gasteiger partial charge in [-0.05, 0) is 6.42 Å². The van der Waals surface area contributed by atoms with Crippen molar-refractivity contribution >= 4 is 0 Å². The molecule has 0 unspecified atom stereocenters. The van der Waals surface area contributed by atoms with Crippen LogP contribution in [0, 0.1) is 6.92 Å². The normalized spacial score (nSPS) is 14.1. The summed E-state index contributed by atoms with van der Waals surface area (Å²) >= 11 is 0. The first-order valence-corrected chi connectivity index (χ1v) is 3.40. The van der Waals surface area contributed by atoms with Crippen molar-refractivity contribution in [3.63, 3.8) is 0 Å². The number of hydrogen-bond acceptors (Lipinski definition) is 0. The molecule has 0 aromatic rings. The van der Waals surface area contributed by atoms with Crippen molar-refractivity contribution in [2.75, 3.05) is 0 Å². The number of hydrogen-bond donors (Lipinski definition) is 0. The molecule has 1 atom stereocenters. The Bertz CT molecular complexity index is 73.3. The van der Waals surface area contributed by atoms with E-state index in [9.17, 15) is 13.2 Å². The van der Waals surface area contributed by atoms with E-state index in [1.165, 1.54) is 0 Å². The minimum Gasteiger partial charge on any atom is -0.241 e. The highest BCUT2D eigenvalue weighted by Gasteiger charge is 2.17. The van der Waals surface area contributed by atoms with Gasteiger partial charge in [0.1, 0.15) is 0 Å². The fourth-order valence-electron chi connectivity index (χ4n) is 0.642. The summed E-state index contributed by atoms with van der Waals surface area (Å²) in [6.45, 7) is 3.52. The molecule has 0 aliphatic rings. The topological polar surface area (TPSA) is 0 Å². The molecule has 0 spiro atoms. The molecular weight excluding hydrogens is 141 g/mol. The van der Waals surface area contributed by atoms with Gasteiger partial charge in [-0.2, -0.15) is 0 Å². The summed E-state index contributed by atoms with van der Waals surface area (Å²) in [7, 11) is 0. The second kappa shape index (κ2) is 5.57. The standard InChI is InChI=1S/C7H12F3/c1-2-3-4-5-6(8)7(9)10/h6-7H,1-5H2/t6-/m0/s1. The highest BCUT2D eigenvalue weighted by Crippen LogP contribution is 2.13. The van der Waals surface area contributed by atoms with Crippen molar-refractivity contribution in [1.29, 1.82) is 0 Å². The molecule has 0 N–H and O–H groups in total. The Morgan fingerprint density at radius 1 is 1.10 bits per heavy atom. The van der Waals surface area contributed by atoms with E-state index in [2.05, 4.69) is 6.92 Å². The van der Waals surface area contributed by atoms with E-state index in [0.29, 0.717) is 12.8 Å². The molecular formula is C7H12F3. The SMILES string of the molecule is [CH2]CCCC[C@H](F)C(F)F. The van der Waals surface area contributed by atoms with E-state index in [1.54, 1.807) is 0 Å². The monoisotopic (exact) mass is 153 g/mol. The van der Waals surface area contributed by atoms with Crippen molar-refractivity contribution in [3.8, 4) is 0 Å². The van der Waals surface area contributed by atoms with Crippen LogP contribution in [0.5, 0.6) is 0 Å². The van der Waals surface area contributed by atoms with E-state index in [0.717, 1.165) is 6.42 Å². The molecule has 0 heterocycles. The fraction of sp³-hybridized carbons (Fsp3) is 0.857. The number of unbranched alkanes of at least 4 members (excludes halogenated alkanes) is 2. The summed E-state index contributed by atoms with van der Waals surface area (Å²) in [6, 6.07) is 0. The van der Waals surface area contributed by atoms with Crippen LogP contribution in [-0.4, -0.2) is 12.6 Å². The Morgan fingerprint density at radius 3 is 2.10 bits per heavy atom. The zero-order valence-electron chi connectivity index (χ0n) is 5.82. The molecule has 0 amide bonds. The van der Waals surface area contributed by atoms with Gasteiger partial charge in [0.05, 0.1) is 0 Å². The van der Waals surface area contributed by atoms with Crippen LogP contribution in [-0.2, 0) is 0 Å². The van der Waals surface area contributed by atoms with Gasteiger partial charge >= 0.3 is 0 Å². The van der Waals surface area contributed by atoms with Gasteiger partial charge in [0.25, 0.3) is 6.43 Å². The largest absolute Gasteiger partial charge is 0.269 e. The predicted octanol–water partition coefficient (Wildman–Crippen LogP) is 2.98. The maximum atomic E-state index is 12.1. The molecule has 3 heteroatoms. The van der Waals surface area contributed by atoms with Gasteiger partial charge in [-0.15, -0.1) is 0 Å². The van der Waals surface area contributed by atoms with Crippen LogP contribution in [0.4, 0.5) is 13.2 Å². The van der Waals surface area contributed by atoms with E-state index < -0.39 is 12.6 Å². The molecule has 0 aromatic heterocycles. The highest BCUT2D eigenvalue weighted by atomic mass is 19.3. The number of rotatable bonds is 5. The molecule has 0 nitrogen and oxygen atoms in total. The first-order chi connectivity index (χ1) is 4.68. The van der Waals surface area contributed by atoms with E-state index in [4.69, 9.17) is 0 Å². The molecule has 0 rings (SSSR count). The van der Waals surface area contributed by atoms with Crippen LogP contribution in [0.15, 0.2) is 0 Å². The Balaban J connectivity index is 3.13. The Labute approximate surface area is 59.4 Å². The summed E-state index contributed by atoms with van der Waals surface area (Å²) in [5.41, 5.74) is 0. The highest BCUT2D eigenvalue weighted by molar-refractivity contribution is 4.58. The quantitative estimate of drug-likeness (QED) is 0.532. The van der Waals surface area contributed by atoms with Crippen LogP contribution in [0.1, 0.15) is 25.7 Å². The molecule has 0 saturated heterocycles. The predicted molar refractivity (Wildman–Crippen MR) is 34.7 cm³/mol. The summed E-state index contributed by atoms with van der Waals surface area (Å²) in [4.78, 5) is 0. The van der Waals surface area contributed by atoms with Crippen molar-refractivity contribution in [3.05, 3.63) is 6.92 Å². The van der Waals surface area contributed by atoms with Crippen LogP contribution in [0.3, 0.4) is 0 Å². The Hall–Kier alpha value is -0.210. The summed E-state index contributed by atoms with van der Waals surface area (Å²) in [5.74, 6) is 0. The zero-order valence-corrected chi connectivity index (χ0v) is 5.82. The smallest absolute Gasteiger partial charge is 0.241 e. The van der Waals surface area contributed by atoms with Crippen molar-refractivity contribution in [1.82, 2.24) is 0 Å². The Kier molecular flexibility index (Phi) is 5.45. The molecule has 0 aliphatic carbocycles. The lowest BCUT2D eigenvalue weighted by atomic mass is 10.1. The van der Waals surface area contributed by atoms with E-state index >= 15 is 0 Å². The average molecular weight is 153 g/mol. The van der Waals surface area contributed by atoms with Crippen LogP contribution >= 0.6 is 0 Å². The van der Waals surface area contributed by atoms with E-state index in [1.807, 2.05) is 0 Å². The second-order valence-corrected chi connectivity index (χ2v) is 2.20. The lowest BCUT2D eigenvalue weighted by Gasteiger charge is -2.04. The lowest BCUT2D eigenvalue weighted by molar-refractivity contribution is 0.0441. The third kappa shape index (κ3) is 4.65. The molecule has 0 bridgehead atoms. The minimum absolute atomic E-state index is 0.0345. The third-order valence-corrected chi connectivity index (χ3v) is 1.25. The maximum absolute atomic E-state index is 12.1. The van der Waals surface area contributed by atoms with Crippen molar-refractivity contribution in [2.45, 2.75) is 38.3 Å². The number of halogens is 3. The third-order valence-electron chi connectivity index (χ3n) is 1.25. The van der Waals surface area contributed by atoms with Gasteiger partial charge in [0.15, 0.2) is 6.17 Å². The molecule has 1 radical (unpaired) electrons. The summed E-state index contributed by atoms with van der Waals surface area (Å²) in [5, 5.41) is 0. The second-order valence-electron chi connectivity index (χ2n) is 2.20. The van der Waals surface area contributed by atoms with Gasteiger partial charge in [-0.25, -0.2) is 13.2 Å². The van der Waals surface area contributed by atoms with Crippen LogP contribution < -0.4 is 0 Å². The Morgan fingerprint density at radius 2 is 1.70 bits per heavy atom. The molecule has 0 aromatic carbocycles. The van der Waals surface area contributed by atoms with Gasteiger partial charge < -0.3 is 0 Å². The summed E-state index contributed by atoms with van der Waals surface area (Å²) in [6.07, 6.45) is -2.86. The van der Waals surface area contributed by atoms with E-state index in [-0.39, 0.29) is 6.42 Å². The van der Waals surface area contributed by atoms with Gasteiger partial charge in [-0.1, -0.05) is 26.2 Å². The van der Waals surface area contributed by atoms with Crippen LogP contribution in [0.2, 0.25) is 0 Å². The van der Waals surface area contributed by atoms with Gasteiger partial charge in [0.2, 0.25) is 0 Å². The zero-order chi connectivity index (χ0) is 7.98. The van der Waals surface area contributed by atoms with Crippen molar-refractivity contribution < 1.29 is 13.2 Å². The van der Waals surface area contributed by atoms with Gasteiger partial charge in [-0.3, -0.25) is 0 Å². The minimum atomic E-state index is -2.81. The van der Waals surface area contributed by atoms with Gasteiger partial charge in [0, 0.05) is 0 Å². The molecule has 0 aliphatic heterocycles. The molecule has 61 valence electrons. The molecule has 0 saturated carbocycles. The molecule has 10 heavy (non-hydrogen) atoms.